The first-order chi connectivity index (χ1) is 8.79. The van der Waals surface area contributed by atoms with Gasteiger partial charge >= 0.3 is 0 Å². The minimum absolute atomic E-state index is 0.205. The Balaban J connectivity index is 1.84. The molecule has 1 aliphatic rings. The van der Waals surface area contributed by atoms with Crippen molar-refractivity contribution in [3.05, 3.63) is 22.4 Å². The lowest BCUT2D eigenvalue weighted by Crippen LogP contribution is -2.58. The first-order valence-electron chi connectivity index (χ1n) is 6.28. The molecule has 96 valence electrons. The van der Waals surface area contributed by atoms with Crippen molar-refractivity contribution in [2.75, 3.05) is 19.6 Å². The SMILES string of the molecule is CCCN(C(=O)c1cc2sccc2s1)C1CNC1. The number of nitrogens with one attached hydrogen (secondary N) is 1. The van der Waals surface area contributed by atoms with Crippen LogP contribution in [0.25, 0.3) is 9.40 Å². The number of carbonyl (C=O) groups excluding carboxylic acids is 1. The van der Waals surface area contributed by atoms with E-state index in [9.17, 15) is 4.79 Å². The Bertz CT molecular complexity index is 528. The molecular weight excluding hydrogens is 264 g/mol. The van der Waals surface area contributed by atoms with E-state index in [1.807, 2.05) is 11.0 Å². The first-order valence-corrected chi connectivity index (χ1v) is 7.98. The third-order valence-corrected chi connectivity index (χ3v) is 5.36. The van der Waals surface area contributed by atoms with Crippen LogP contribution in [-0.4, -0.2) is 36.5 Å². The second-order valence-corrected chi connectivity index (χ2v) is 6.60. The smallest absolute Gasteiger partial charge is 0.264 e. The largest absolute Gasteiger partial charge is 0.332 e. The molecule has 0 aromatic carbocycles. The van der Waals surface area contributed by atoms with Crippen LogP contribution in [0.3, 0.4) is 0 Å². The van der Waals surface area contributed by atoms with Gasteiger partial charge in [-0.3, -0.25) is 4.79 Å². The highest BCUT2D eigenvalue weighted by atomic mass is 32.1. The van der Waals surface area contributed by atoms with Crippen LogP contribution in [0.2, 0.25) is 0 Å². The monoisotopic (exact) mass is 280 g/mol. The number of carbonyl (C=O) groups is 1. The molecule has 1 amide bonds. The van der Waals surface area contributed by atoms with Crippen molar-refractivity contribution in [2.45, 2.75) is 19.4 Å². The van der Waals surface area contributed by atoms with E-state index < -0.39 is 0 Å². The molecule has 1 saturated heterocycles. The highest BCUT2D eigenvalue weighted by Gasteiger charge is 2.29. The van der Waals surface area contributed by atoms with Gasteiger partial charge in [-0.1, -0.05) is 6.92 Å². The van der Waals surface area contributed by atoms with Crippen molar-refractivity contribution < 1.29 is 4.79 Å². The molecule has 2 aromatic heterocycles. The molecule has 1 N–H and O–H groups in total. The average Bonchev–Trinajstić information content (AvgIpc) is 2.84. The minimum atomic E-state index is 0.205. The number of thiophene rings is 2. The molecule has 0 unspecified atom stereocenters. The van der Waals surface area contributed by atoms with Crippen LogP contribution in [0.1, 0.15) is 23.0 Å². The Kier molecular flexibility index (Phi) is 3.37. The van der Waals surface area contributed by atoms with Gasteiger partial charge in [0.2, 0.25) is 0 Å². The van der Waals surface area contributed by atoms with E-state index in [-0.39, 0.29) is 5.91 Å². The van der Waals surface area contributed by atoms with E-state index in [2.05, 4.69) is 23.7 Å². The Labute approximate surface area is 114 Å². The van der Waals surface area contributed by atoms with Gasteiger partial charge in [-0.25, -0.2) is 0 Å². The maximum atomic E-state index is 12.5. The fourth-order valence-corrected chi connectivity index (χ4v) is 4.26. The van der Waals surface area contributed by atoms with Gasteiger partial charge in [-0.05, 0) is 23.9 Å². The zero-order valence-corrected chi connectivity index (χ0v) is 11.9. The summed E-state index contributed by atoms with van der Waals surface area (Å²) in [6.07, 6.45) is 1.02. The first kappa shape index (κ1) is 12.1. The highest BCUT2D eigenvalue weighted by molar-refractivity contribution is 7.27. The molecule has 0 spiro atoms. The Morgan fingerprint density at radius 1 is 1.50 bits per heavy atom. The molecule has 0 bridgehead atoms. The molecule has 1 aliphatic heterocycles. The molecule has 3 rings (SSSR count). The fraction of sp³-hybridized carbons (Fsp3) is 0.462. The molecule has 3 heterocycles. The van der Waals surface area contributed by atoms with Crippen molar-refractivity contribution in [3.8, 4) is 0 Å². The van der Waals surface area contributed by atoms with Crippen molar-refractivity contribution in [3.63, 3.8) is 0 Å². The summed E-state index contributed by atoms with van der Waals surface area (Å²) >= 11 is 3.32. The Morgan fingerprint density at radius 2 is 2.33 bits per heavy atom. The van der Waals surface area contributed by atoms with Crippen molar-refractivity contribution in [1.29, 1.82) is 0 Å². The summed E-state index contributed by atoms with van der Waals surface area (Å²) in [5, 5.41) is 5.32. The maximum absolute atomic E-state index is 12.5. The quantitative estimate of drug-likeness (QED) is 0.934. The lowest BCUT2D eigenvalue weighted by atomic mass is 10.1. The third kappa shape index (κ3) is 2.06. The Hall–Kier alpha value is -0.910. The summed E-state index contributed by atoms with van der Waals surface area (Å²) in [4.78, 5) is 15.5. The summed E-state index contributed by atoms with van der Waals surface area (Å²) < 4.78 is 2.46. The summed E-state index contributed by atoms with van der Waals surface area (Å²) in [5.74, 6) is 0.205. The molecule has 5 heteroatoms. The second-order valence-electron chi connectivity index (χ2n) is 4.57. The summed E-state index contributed by atoms with van der Waals surface area (Å²) in [6.45, 7) is 4.85. The van der Waals surface area contributed by atoms with E-state index in [1.54, 1.807) is 22.7 Å². The molecule has 3 nitrogen and oxygen atoms in total. The molecule has 0 saturated carbocycles. The van der Waals surface area contributed by atoms with Crippen LogP contribution in [0.15, 0.2) is 17.5 Å². The zero-order chi connectivity index (χ0) is 12.5. The van der Waals surface area contributed by atoms with Crippen molar-refractivity contribution >= 4 is 38.0 Å². The topological polar surface area (TPSA) is 32.3 Å². The van der Waals surface area contributed by atoms with Gasteiger partial charge in [0.15, 0.2) is 0 Å². The van der Waals surface area contributed by atoms with E-state index in [0.717, 1.165) is 30.9 Å². The van der Waals surface area contributed by atoms with Gasteiger partial charge in [0, 0.05) is 29.0 Å². The van der Waals surface area contributed by atoms with Crippen LogP contribution in [0.4, 0.5) is 0 Å². The highest BCUT2D eigenvalue weighted by Crippen LogP contribution is 2.31. The third-order valence-electron chi connectivity index (χ3n) is 3.28. The number of hydrogen-bond donors (Lipinski definition) is 1. The van der Waals surface area contributed by atoms with E-state index in [0.29, 0.717) is 6.04 Å². The lowest BCUT2D eigenvalue weighted by molar-refractivity contribution is 0.0621. The zero-order valence-electron chi connectivity index (χ0n) is 10.3. The minimum Gasteiger partial charge on any atom is -0.332 e. The number of rotatable bonds is 4. The standard InChI is InChI=1S/C13H16N2OS2/c1-2-4-15(9-7-14-8-9)13(16)12-6-11-10(18-12)3-5-17-11/h3,5-6,9,14H,2,4,7-8H2,1H3. The van der Waals surface area contributed by atoms with E-state index in [1.165, 1.54) is 9.40 Å². The predicted octanol–water partition coefficient (Wildman–Crippen LogP) is 2.79. The van der Waals surface area contributed by atoms with Crippen molar-refractivity contribution in [2.24, 2.45) is 0 Å². The van der Waals surface area contributed by atoms with Crippen LogP contribution in [0, 0.1) is 0 Å². The van der Waals surface area contributed by atoms with Crippen LogP contribution < -0.4 is 5.32 Å². The van der Waals surface area contributed by atoms with Crippen LogP contribution in [-0.2, 0) is 0 Å². The predicted molar refractivity (Wildman–Crippen MR) is 77.7 cm³/mol. The summed E-state index contributed by atoms with van der Waals surface area (Å²) in [6, 6.07) is 4.52. The number of hydrogen-bond acceptors (Lipinski definition) is 4. The molecule has 18 heavy (non-hydrogen) atoms. The summed E-state index contributed by atoms with van der Waals surface area (Å²) in [7, 11) is 0. The fourth-order valence-electron chi connectivity index (χ4n) is 2.20. The van der Waals surface area contributed by atoms with Crippen molar-refractivity contribution in [1.82, 2.24) is 10.2 Å². The van der Waals surface area contributed by atoms with E-state index in [4.69, 9.17) is 0 Å². The number of fused-ring (bicyclic) bond motifs is 1. The normalized spacial score (nSPS) is 15.8. The maximum Gasteiger partial charge on any atom is 0.264 e. The molecular formula is C13H16N2OS2. The van der Waals surface area contributed by atoms with Gasteiger partial charge in [0.05, 0.1) is 10.9 Å². The van der Waals surface area contributed by atoms with E-state index >= 15 is 0 Å². The molecule has 0 radical (unpaired) electrons. The Morgan fingerprint density at radius 3 is 2.94 bits per heavy atom. The molecule has 0 atom stereocenters. The second kappa shape index (κ2) is 4.99. The van der Waals surface area contributed by atoms with Crippen LogP contribution >= 0.6 is 22.7 Å². The average molecular weight is 280 g/mol. The molecule has 0 aliphatic carbocycles. The lowest BCUT2D eigenvalue weighted by Gasteiger charge is -2.38. The number of nitrogens with zero attached hydrogens (tertiary/aromatic N) is 1. The summed E-state index contributed by atoms with van der Waals surface area (Å²) in [5.41, 5.74) is 0. The van der Waals surface area contributed by atoms with Crippen LogP contribution in [0.5, 0.6) is 0 Å². The van der Waals surface area contributed by atoms with Gasteiger partial charge in [-0.2, -0.15) is 0 Å². The van der Waals surface area contributed by atoms with Gasteiger partial charge in [-0.15, -0.1) is 22.7 Å². The van der Waals surface area contributed by atoms with Gasteiger partial charge in [0.1, 0.15) is 0 Å². The molecule has 2 aromatic rings. The van der Waals surface area contributed by atoms with Gasteiger partial charge < -0.3 is 10.2 Å². The molecule has 1 fully saturated rings. The number of amides is 1. The van der Waals surface area contributed by atoms with Gasteiger partial charge in [0.25, 0.3) is 5.91 Å².